The van der Waals surface area contributed by atoms with Crippen molar-refractivity contribution in [2.75, 3.05) is 0 Å². The van der Waals surface area contributed by atoms with Gasteiger partial charge >= 0.3 is 0 Å². The minimum absolute atomic E-state index is 0.0333. The molecule has 1 heterocycles. The van der Waals surface area contributed by atoms with Gasteiger partial charge in [0.25, 0.3) is 5.56 Å². The molecule has 3 heteroatoms. The van der Waals surface area contributed by atoms with Gasteiger partial charge in [0, 0.05) is 12.1 Å². The Balaban J connectivity index is 2.47. The number of unbranched alkanes of at least 4 members (excludes halogenated alkanes) is 2. The minimum atomic E-state index is -0.0333. The molecule has 1 aromatic carbocycles. The third kappa shape index (κ3) is 3.61. The van der Waals surface area contributed by atoms with E-state index in [4.69, 9.17) is 5.26 Å². The topological polar surface area (TPSA) is 45.8 Å². The van der Waals surface area contributed by atoms with Gasteiger partial charge in [-0.1, -0.05) is 56.2 Å². The lowest BCUT2D eigenvalue weighted by Crippen LogP contribution is -2.25. The number of aromatic nitrogens is 1. The van der Waals surface area contributed by atoms with Gasteiger partial charge in [-0.2, -0.15) is 5.26 Å². The van der Waals surface area contributed by atoms with Crippen LogP contribution >= 0.6 is 0 Å². The predicted octanol–water partition coefficient (Wildman–Crippen LogP) is 3.77. The molecule has 108 valence electrons. The first-order valence-corrected chi connectivity index (χ1v) is 7.43. The number of nitriles is 1. The second-order valence-electron chi connectivity index (χ2n) is 5.11. The normalized spacial score (nSPS) is 10.3. The van der Waals surface area contributed by atoms with E-state index in [2.05, 4.69) is 13.0 Å². The summed E-state index contributed by atoms with van der Waals surface area (Å²) in [6.07, 6.45) is 3.37. The summed E-state index contributed by atoms with van der Waals surface area (Å²) in [5.41, 5.74) is 2.51. The van der Waals surface area contributed by atoms with E-state index in [0.29, 0.717) is 12.1 Å². The van der Waals surface area contributed by atoms with E-state index in [0.717, 1.165) is 30.5 Å². The number of nitrogens with zero attached hydrogens (tertiary/aromatic N) is 2. The number of pyridine rings is 1. The fraction of sp³-hybridized carbons (Fsp3) is 0.333. The minimum Gasteiger partial charge on any atom is -0.308 e. The van der Waals surface area contributed by atoms with Gasteiger partial charge in [-0.05, 0) is 18.1 Å². The van der Waals surface area contributed by atoms with Crippen LogP contribution in [0.2, 0.25) is 0 Å². The average molecular weight is 280 g/mol. The van der Waals surface area contributed by atoms with Crippen molar-refractivity contribution in [3.63, 3.8) is 0 Å². The van der Waals surface area contributed by atoms with Crippen LogP contribution in [0.3, 0.4) is 0 Å². The highest BCUT2D eigenvalue weighted by molar-refractivity contribution is 5.59. The first-order valence-electron chi connectivity index (χ1n) is 7.43. The average Bonchev–Trinajstić information content (AvgIpc) is 2.52. The largest absolute Gasteiger partial charge is 0.308 e. The van der Waals surface area contributed by atoms with E-state index in [9.17, 15) is 4.79 Å². The van der Waals surface area contributed by atoms with Gasteiger partial charge in [0.05, 0.1) is 18.2 Å². The van der Waals surface area contributed by atoms with Crippen molar-refractivity contribution in [1.29, 1.82) is 5.26 Å². The zero-order chi connectivity index (χ0) is 15.1. The molecule has 0 N–H and O–H groups in total. The zero-order valence-electron chi connectivity index (χ0n) is 12.4. The van der Waals surface area contributed by atoms with Crippen LogP contribution in [0.5, 0.6) is 0 Å². The molecule has 1 aromatic heterocycles. The van der Waals surface area contributed by atoms with E-state index < -0.39 is 0 Å². The molecule has 0 aliphatic carbocycles. The monoisotopic (exact) mass is 280 g/mol. The maximum absolute atomic E-state index is 12.6. The Morgan fingerprint density at radius 2 is 1.86 bits per heavy atom. The second-order valence-corrected chi connectivity index (χ2v) is 5.11. The van der Waals surface area contributed by atoms with Crippen molar-refractivity contribution in [3.05, 3.63) is 58.4 Å². The molecule has 2 aromatic rings. The van der Waals surface area contributed by atoms with E-state index in [1.807, 2.05) is 41.0 Å². The summed E-state index contributed by atoms with van der Waals surface area (Å²) < 4.78 is 1.82. The molecule has 0 saturated carbocycles. The van der Waals surface area contributed by atoms with Gasteiger partial charge < -0.3 is 4.57 Å². The molecule has 0 amide bonds. The molecule has 0 radical (unpaired) electrons. The summed E-state index contributed by atoms with van der Waals surface area (Å²) in [6, 6.07) is 15.7. The van der Waals surface area contributed by atoms with E-state index in [1.165, 1.54) is 0 Å². The Bertz CT molecular complexity index is 681. The van der Waals surface area contributed by atoms with Gasteiger partial charge in [-0.3, -0.25) is 4.79 Å². The summed E-state index contributed by atoms with van der Waals surface area (Å²) in [4.78, 5) is 12.6. The molecular formula is C18H20N2O. The molecule has 0 bridgehead atoms. The first-order chi connectivity index (χ1) is 10.3. The summed E-state index contributed by atoms with van der Waals surface area (Å²) in [6.45, 7) is 2.85. The van der Waals surface area contributed by atoms with Crippen LogP contribution < -0.4 is 5.56 Å². The highest BCUT2D eigenvalue weighted by Gasteiger charge is 2.10. The van der Waals surface area contributed by atoms with Gasteiger partial charge in [-0.15, -0.1) is 0 Å². The number of hydrogen-bond acceptors (Lipinski definition) is 2. The van der Waals surface area contributed by atoms with Crippen molar-refractivity contribution < 1.29 is 0 Å². The van der Waals surface area contributed by atoms with Crippen LogP contribution in [0, 0.1) is 11.3 Å². The van der Waals surface area contributed by atoms with Crippen molar-refractivity contribution in [1.82, 2.24) is 4.57 Å². The first kappa shape index (κ1) is 15.1. The number of hydrogen-bond donors (Lipinski definition) is 0. The van der Waals surface area contributed by atoms with E-state index in [1.54, 1.807) is 6.07 Å². The molecule has 2 rings (SSSR count). The molecule has 0 aliphatic rings. The molecule has 0 aliphatic heterocycles. The molecule has 3 nitrogen and oxygen atoms in total. The maximum atomic E-state index is 12.6. The van der Waals surface area contributed by atoms with Crippen molar-refractivity contribution >= 4 is 0 Å². The molecule has 0 atom stereocenters. The molecule has 21 heavy (non-hydrogen) atoms. The zero-order valence-corrected chi connectivity index (χ0v) is 12.4. The van der Waals surface area contributed by atoms with Crippen LogP contribution in [0.4, 0.5) is 0 Å². The van der Waals surface area contributed by atoms with Crippen LogP contribution in [0.25, 0.3) is 11.3 Å². The summed E-state index contributed by atoms with van der Waals surface area (Å²) >= 11 is 0. The van der Waals surface area contributed by atoms with Gasteiger partial charge in [-0.25, -0.2) is 0 Å². The number of benzene rings is 1. The molecule has 0 spiro atoms. The summed E-state index contributed by atoms with van der Waals surface area (Å²) in [5, 5.41) is 8.84. The van der Waals surface area contributed by atoms with Crippen molar-refractivity contribution in [2.45, 2.75) is 39.2 Å². The molecule has 0 unspecified atom stereocenters. The lowest BCUT2D eigenvalue weighted by Gasteiger charge is -2.14. The van der Waals surface area contributed by atoms with Crippen LogP contribution in [0.15, 0.2) is 47.3 Å². The lowest BCUT2D eigenvalue weighted by molar-refractivity contribution is 0.589. The third-order valence-corrected chi connectivity index (χ3v) is 3.58. The quantitative estimate of drug-likeness (QED) is 0.756. The fourth-order valence-electron chi connectivity index (χ4n) is 2.45. The standard InChI is InChI=1S/C18H20N2O/c1-2-3-7-14-20-17(15-8-5-4-6-9-15)11-10-16(12-13-19)18(20)21/h4-6,8-11H,2-3,7,12,14H2,1H3. The Morgan fingerprint density at radius 3 is 2.52 bits per heavy atom. The van der Waals surface area contributed by atoms with E-state index >= 15 is 0 Å². The highest BCUT2D eigenvalue weighted by Crippen LogP contribution is 2.18. The van der Waals surface area contributed by atoms with Gasteiger partial charge in [0.2, 0.25) is 0 Å². The Morgan fingerprint density at radius 1 is 1.10 bits per heavy atom. The SMILES string of the molecule is CCCCCn1c(-c2ccccc2)ccc(CC#N)c1=O. The van der Waals surface area contributed by atoms with Crippen molar-refractivity contribution in [3.8, 4) is 17.3 Å². The van der Waals surface area contributed by atoms with Gasteiger partial charge in [0.15, 0.2) is 0 Å². The third-order valence-electron chi connectivity index (χ3n) is 3.58. The van der Waals surface area contributed by atoms with Crippen LogP contribution in [-0.2, 0) is 13.0 Å². The predicted molar refractivity (Wildman–Crippen MR) is 85.0 cm³/mol. The highest BCUT2D eigenvalue weighted by atomic mass is 16.1. The Labute approximate surface area is 125 Å². The summed E-state index contributed by atoms with van der Waals surface area (Å²) in [5.74, 6) is 0. The smallest absolute Gasteiger partial charge is 0.255 e. The maximum Gasteiger partial charge on any atom is 0.255 e. The molecule has 0 fully saturated rings. The Kier molecular flexibility index (Phi) is 5.34. The van der Waals surface area contributed by atoms with Crippen molar-refractivity contribution in [2.24, 2.45) is 0 Å². The fourth-order valence-corrected chi connectivity index (χ4v) is 2.45. The summed E-state index contributed by atoms with van der Waals surface area (Å²) in [7, 11) is 0. The number of rotatable bonds is 6. The molecular weight excluding hydrogens is 260 g/mol. The van der Waals surface area contributed by atoms with Crippen LogP contribution in [-0.4, -0.2) is 4.57 Å². The van der Waals surface area contributed by atoms with E-state index in [-0.39, 0.29) is 12.0 Å². The Hall–Kier alpha value is -2.34. The van der Waals surface area contributed by atoms with Crippen LogP contribution in [0.1, 0.15) is 31.7 Å². The molecule has 0 saturated heterocycles. The second kappa shape index (κ2) is 7.44. The lowest BCUT2D eigenvalue weighted by atomic mass is 10.1. The van der Waals surface area contributed by atoms with Gasteiger partial charge in [0.1, 0.15) is 0 Å².